The van der Waals surface area contributed by atoms with Gasteiger partial charge in [-0.25, -0.2) is 13.2 Å². The normalized spacial score (nSPS) is 37.1. The third-order valence-electron chi connectivity index (χ3n) is 9.80. The molecular weight excluding hydrogens is 535 g/mol. The molecule has 4 aliphatic rings. The average Bonchev–Trinajstić information content (AvgIpc) is 3.13. The summed E-state index contributed by atoms with van der Waals surface area (Å²) in [6.45, 7) is 3.13. The molecule has 0 radical (unpaired) electrons. The van der Waals surface area contributed by atoms with E-state index in [9.17, 15) is 37.6 Å². The first-order chi connectivity index (χ1) is 17.7. The SMILES string of the molecule is C[C@]12C=CC(=O)C=C1CC[C@@H]1C2C(O)C[C@@]2(C)C1CC[C@]2(O)C(=O)COC(=O)c1cccc(S(=O)(=O)[O-])c1.[Na+]. The molecule has 3 saturated carbocycles. The number of hydrogen-bond acceptors (Lipinski definition) is 9. The van der Waals surface area contributed by atoms with Crippen molar-refractivity contribution in [1.82, 2.24) is 0 Å². The second kappa shape index (κ2) is 10.3. The van der Waals surface area contributed by atoms with Gasteiger partial charge >= 0.3 is 35.5 Å². The van der Waals surface area contributed by atoms with Crippen LogP contribution in [0.5, 0.6) is 0 Å². The first-order valence-electron chi connectivity index (χ1n) is 12.8. The molecule has 5 rings (SSSR count). The molecule has 9 nitrogen and oxygen atoms in total. The molecule has 3 unspecified atom stereocenters. The zero-order valence-electron chi connectivity index (χ0n) is 22.3. The number of allylic oxidation sites excluding steroid dienone is 4. The van der Waals surface area contributed by atoms with Crippen molar-refractivity contribution in [2.75, 3.05) is 6.61 Å². The van der Waals surface area contributed by atoms with Crippen LogP contribution in [0.3, 0.4) is 0 Å². The standard InChI is InChI=1S/C28H32O9S.Na/c1-26-10-8-18(29)13-17(26)6-7-20-21-9-11-28(33,27(21,2)14-22(30)24(20)26)23(31)15-37-25(32)16-4-3-5-19(12-16)38(34,35)36;/h3-5,8,10,12-13,20-22,24,30,33H,6-7,9,11,14-15H2,1-2H3,(H,34,35,36);/q;+1/p-1/t20-,21?,22?,24?,26-,27-,28-;/m0./s1. The number of ether oxygens (including phenoxy) is 1. The van der Waals surface area contributed by atoms with Crippen LogP contribution in [0.15, 0.2) is 53.0 Å². The van der Waals surface area contributed by atoms with Crippen molar-refractivity contribution < 1.29 is 71.9 Å². The van der Waals surface area contributed by atoms with E-state index in [1.807, 2.05) is 19.9 Å². The zero-order valence-corrected chi connectivity index (χ0v) is 25.1. The van der Waals surface area contributed by atoms with Gasteiger partial charge in [0.2, 0.25) is 5.78 Å². The molecule has 0 saturated heterocycles. The number of ketones is 2. The molecule has 0 aliphatic heterocycles. The molecule has 7 atom stereocenters. The summed E-state index contributed by atoms with van der Waals surface area (Å²) in [6.07, 6.45) is 6.66. The van der Waals surface area contributed by atoms with Crippen LogP contribution in [0.4, 0.5) is 0 Å². The van der Waals surface area contributed by atoms with Gasteiger partial charge in [-0.2, -0.15) is 0 Å². The molecule has 0 spiro atoms. The fourth-order valence-corrected chi connectivity index (χ4v) is 8.42. The quantitative estimate of drug-likeness (QED) is 0.268. The third-order valence-corrected chi connectivity index (χ3v) is 10.6. The summed E-state index contributed by atoms with van der Waals surface area (Å²) >= 11 is 0. The Balaban J connectivity index is 0.00000353. The number of benzene rings is 1. The van der Waals surface area contributed by atoms with Gasteiger partial charge in [0.1, 0.15) is 15.7 Å². The number of hydrogen-bond donors (Lipinski definition) is 2. The number of rotatable bonds is 5. The van der Waals surface area contributed by atoms with E-state index < -0.39 is 55.9 Å². The van der Waals surface area contributed by atoms with Crippen molar-refractivity contribution in [2.45, 2.75) is 62.6 Å². The number of aliphatic hydroxyl groups is 2. The van der Waals surface area contributed by atoms with E-state index in [1.54, 1.807) is 12.2 Å². The van der Waals surface area contributed by atoms with Gasteiger partial charge in [-0.1, -0.05) is 31.6 Å². The fourth-order valence-electron chi connectivity index (χ4n) is 7.90. The monoisotopic (exact) mass is 566 g/mol. The van der Waals surface area contributed by atoms with E-state index in [0.29, 0.717) is 12.8 Å². The Bertz CT molecular complexity index is 1380. The van der Waals surface area contributed by atoms with Crippen LogP contribution in [0, 0.1) is 28.6 Å². The van der Waals surface area contributed by atoms with Gasteiger partial charge in [0, 0.05) is 16.7 Å². The summed E-state index contributed by atoms with van der Waals surface area (Å²) in [6, 6.07) is 4.43. The van der Waals surface area contributed by atoms with Gasteiger partial charge in [-0.05, 0) is 74.3 Å². The number of Topliss-reactive ketones (excluding diaryl/α,β-unsaturated/α-hetero) is 1. The summed E-state index contributed by atoms with van der Waals surface area (Å²) in [5.74, 6) is -1.89. The average molecular weight is 567 g/mol. The van der Waals surface area contributed by atoms with E-state index in [-0.39, 0.29) is 71.5 Å². The largest absolute Gasteiger partial charge is 1.00 e. The van der Waals surface area contributed by atoms with Gasteiger partial charge in [0.05, 0.1) is 16.6 Å². The van der Waals surface area contributed by atoms with Crippen LogP contribution in [0.1, 0.15) is 56.3 Å². The predicted octanol–water partition coefficient (Wildman–Crippen LogP) is -0.670. The molecular formula is C28H31NaO9S. The Labute approximate surface area is 249 Å². The first-order valence-corrected chi connectivity index (χ1v) is 14.2. The molecule has 39 heavy (non-hydrogen) atoms. The smallest absolute Gasteiger partial charge is 0.744 e. The maximum absolute atomic E-state index is 13.4. The molecule has 1 aromatic carbocycles. The van der Waals surface area contributed by atoms with Gasteiger partial charge in [-0.15, -0.1) is 0 Å². The molecule has 11 heteroatoms. The van der Waals surface area contributed by atoms with Crippen molar-refractivity contribution in [2.24, 2.45) is 28.6 Å². The Morgan fingerprint density at radius 2 is 1.92 bits per heavy atom. The second-order valence-corrected chi connectivity index (χ2v) is 13.0. The predicted molar refractivity (Wildman–Crippen MR) is 133 cm³/mol. The molecule has 0 bridgehead atoms. The van der Waals surface area contributed by atoms with Crippen molar-refractivity contribution in [1.29, 1.82) is 0 Å². The summed E-state index contributed by atoms with van der Waals surface area (Å²) in [5.41, 5.74) is -2.42. The summed E-state index contributed by atoms with van der Waals surface area (Å²) < 4.78 is 38.9. The molecule has 0 amide bonds. The van der Waals surface area contributed by atoms with E-state index in [0.717, 1.165) is 24.1 Å². The molecule has 1 aromatic rings. The number of aliphatic hydroxyl groups excluding tert-OH is 1. The van der Waals surface area contributed by atoms with Crippen molar-refractivity contribution in [3.63, 3.8) is 0 Å². The van der Waals surface area contributed by atoms with Crippen LogP contribution in [0.25, 0.3) is 0 Å². The minimum absolute atomic E-state index is 0. The Hall–Kier alpha value is -1.66. The summed E-state index contributed by atoms with van der Waals surface area (Å²) in [4.78, 5) is 37.3. The van der Waals surface area contributed by atoms with Crippen LogP contribution >= 0.6 is 0 Å². The van der Waals surface area contributed by atoms with Crippen LogP contribution in [-0.4, -0.2) is 59.0 Å². The van der Waals surface area contributed by atoms with Crippen molar-refractivity contribution in [3.05, 3.63) is 53.6 Å². The Morgan fingerprint density at radius 1 is 1.21 bits per heavy atom. The topological polar surface area (TPSA) is 158 Å². The number of carbonyl (C=O) groups excluding carboxylic acids is 3. The summed E-state index contributed by atoms with van der Waals surface area (Å²) in [5, 5.41) is 23.2. The zero-order chi connectivity index (χ0) is 27.7. The van der Waals surface area contributed by atoms with Crippen LogP contribution in [0.2, 0.25) is 0 Å². The van der Waals surface area contributed by atoms with Crippen LogP contribution < -0.4 is 29.6 Å². The third kappa shape index (κ3) is 4.81. The Morgan fingerprint density at radius 3 is 2.62 bits per heavy atom. The number of carbonyl (C=O) groups is 3. The van der Waals surface area contributed by atoms with Crippen molar-refractivity contribution in [3.8, 4) is 0 Å². The van der Waals surface area contributed by atoms with E-state index >= 15 is 0 Å². The second-order valence-electron chi connectivity index (χ2n) is 11.6. The number of esters is 1. The van der Waals surface area contributed by atoms with E-state index in [1.165, 1.54) is 12.1 Å². The van der Waals surface area contributed by atoms with E-state index in [4.69, 9.17) is 4.74 Å². The molecule has 3 fully saturated rings. The van der Waals surface area contributed by atoms with Gasteiger partial charge in [-0.3, -0.25) is 9.59 Å². The van der Waals surface area contributed by atoms with E-state index in [2.05, 4.69) is 0 Å². The maximum Gasteiger partial charge on any atom is 1.00 e. The maximum atomic E-state index is 13.4. The number of fused-ring (bicyclic) bond motifs is 5. The first kappa shape index (κ1) is 30.3. The van der Waals surface area contributed by atoms with Crippen LogP contribution in [-0.2, 0) is 24.4 Å². The molecule has 2 N–H and O–H groups in total. The molecule has 0 heterocycles. The van der Waals surface area contributed by atoms with Gasteiger partial charge in [0.25, 0.3) is 0 Å². The minimum atomic E-state index is -4.78. The van der Waals surface area contributed by atoms with Gasteiger partial charge in [0.15, 0.2) is 12.4 Å². The fraction of sp³-hybridized carbons (Fsp3) is 0.536. The van der Waals surface area contributed by atoms with Crippen molar-refractivity contribution >= 4 is 27.7 Å². The minimum Gasteiger partial charge on any atom is -0.744 e. The Kier molecular flexibility index (Phi) is 8.01. The van der Waals surface area contributed by atoms with Gasteiger partial charge < -0.3 is 19.5 Å². The molecule has 4 aliphatic carbocycles. The molecule has 204 valence electrons. The summed E-state index contributed by atoms with van der Waals surface area (Å²) in [7, 11) is -4.78. The molecule has 0 aromatic heterocycles.